The standard InChI is InChI=1S/C17H12F3N5O2/c1-2-6-21-14(26)9-24-10-22-15-13(16(24)27)8-23-25(15)12-5-3-4-11(7-12)17(18,19)20/h1,3-5,7-8,10H,6,9H2,(H,21,26). The number of carbonyl (C=O) groups excluding carboxylic acids is 1. The van der Waals surface area contributed by atoms with Crippen LogP contribution in [0.4, 0.5) is 13.2 Å². The summed E-state index contributed by atoms with van der Waals surface area (Å²) >= 11 is 0. The number of rotatable bonds is 4. The molecule has 138 valence electrons. The van der Waals surface area contributed by atoms with Gasteiger partial charge in [-0.05, 0) is 18.2 Å². The third kappa shape index (κ3) is 3.67. The number of amides is 1. The first-order chi connectivity index (χ1) is 12.8. The van der Waals surface area contributed by atoms with Crippen molar-refractivity contribution in [2.24, 2.45) is 0 Å². The van der Waals surface area contributed by atoms with Gasteiger partial charge in [-0.2, -0.15) is 18.3 Å². The number of hydrogen-bond donors (Lipinski definition) is 1. The van der Waals surface area contributed by atoms with Crippen molar-refractivity contribution in [2.75, 3.05) is 6.54 Å². The Bertz CT molecular complexity index is 1110. The Morgan fingerprint density at radius 3 is 2.81 bits per heavy atom. The number of carbonyl (C=O) groups is 1. The molecule has 0 unspecified atom stereocenters. The van der Waals surface area contributed by atoms with Crippen LogP contribution in [-0.4, -0.2) is 31.8 Å². The Morgan fingerprint density at radius 1 is 1.33 bits per heavy atom. The van der Waals surface area contributed by atoms with E-state index in [-0.39, 0.29) is 29.8 Å². The number of nitrogens with one attached hydrogen (secondary N) is 1. The van der Waals surface area contributed by atoms with E-state index in [2.05, 4.69) is 21.3 Å². The lowest BCUT2D eigenvalue weighted by atomic mass is 10.2. The number of alkyl halides is 3. The average molecular weight is 375 g/mol. The molecule has 2 heterocycles. The molecule has 3 aromatic rings. The zero-order chi connectivity index (χ0) is 19.6. The molecule has 2 aromatic heterocycles. The number of hydrogen-bond acceptors (Lipinski definition) is 4. The smallest absolute Gasteiger partial charge is 0.344 e. The number of halogens is 3. The number of nitrogens with zero attached hydrogens (tertiary/aromatic N) is 4. The van der Waals surface area contributed by atoms with Gasteiger partial charge in [0, 0.05) is 0 Å². The molecule has 0 saturated heterocycles. The maximum absolute atomic E-state index is 12.9. The number of aromatic nitrogens is 4. The summed E-state index contributed by atoms with van der Waals surface area (Å²) in [4.78, 5) is 28.2. The monoisotopic (exact) mass is 375 g/mol. The SMILES string of the molecule is C#CCNC(=O)Cn1cnc2c(cnn2-c2cccc(C(F)(F)F)c2)c1=O. The van der Waals surface area contributed by atoms with E-state index in [1.165, 1.54) is 18.3 Å². The lowest BCUT2D eigenvalue weighted by molar-refractivity contribution is -0.137. The summed E-state index contributed by atoms with van der Waals surface area (Å²) < 4.78 is 40.9. The fourth-order valence-electron chi connectivity index (χ4n) is 2.42. The topological polar surface area (TPSA) is 81.8 Å². The highest BCUT2D eigenvalue weighted by Gasteiger charge is 2.30. The minimum atomic E-state index is -4.51. The maximum atomic E-state index is 12.9. The van der Waals surface area contributed by atoms with E-state index in [1.54, 1.807) is 0 Å². The molecule has 1 aromatic carbocycles. The van der Waals surface area contributed by atoms with Crippen molar-refractivity contribution < 1.29 is 18.0 Å². The normalized spacial score (nSPS) is 11.3. The van der Waals surface area contributed by atoms with Crippen molar-refractivity contribution in [1.82, 2.24) is 24.6 Å². The summed E-state index contributed by atoms with van der Waals surface area (Å²) in [6.45, 7) is -0.269. The molecule has 3 rings (SSSR count). The van der Waals surface area contributed by atoms with Gasteiger partial charge in [-0.15, -0.1) is 6.42 Å². The van der Waals surface area contributed by atoms with Gasteiger partial charge in [0.05, 0.1) is 24.0 Å². The molecule has 0 aliphatic rings. The van der Waals surface area contributed by atoms with Crippen molar-refractivity contribution in [1.29, 1.82) is 0 Å². The Morgan fingerprint density at radius 2 is 2.11 bits per heavy atom. The Kier molecular flexibility index (Phi) is 4.68. The van der Waals surface area contributed by atoms with Gasteiger partial charge in [0.15, 0.2) is 5.65 Å². The van der Waals surface area contributed by atoms with E-state index in [0.29, 0.717) is 0 Å². The molecule has 1 amide bonds. The first kappa shape index (κ1) is 18.2. The molecule has 1 N–H and O–H groups in total. The molecule has 0 aliphatic carbocycles. The van der Waals surface area contributed by atoms with Gasteiger partial charge >= 0.3 is 6.18 Å². The third-order valence-electron chi connectivity index (χ3n) is 3.67. The quantitative estimate of drug-likeness (QED) is 0.698. The molecule has 0 saturated carbocycles. The highest BCUT2D eigenvalue weighted by Crippen LogP contribution is 2.30. The lowest BCUT2D eigenvalue weighted by Gasteiger charge is -2.09. The minimum absolute atomic E-state index is 0.0245. The van der Waals surface area contributed by atoms with Crippen LogP contribution < -0.4 is 10.9 Å². The van der Waals surface area contributed by atoms with Crippen molar-refractivity contribution in [3.05, 3.63) is 52.7 Å². The first-order valence-corrected chi connectivity index (χ1v) is 7.62. The second-order valence-electron chi connectivity index (χ2n) is 5.50. The molecule has 0 bridgehead atoms. The summed E-state index contributed by atoms with van der Waals surface area (Å²) in [5.41, 5.74) is -1.20. The van der Waals surface area contributed by atoms with Crippen LogP contribution in [0.2, 0.25) is 0 Å². The minimum Gasteiger partial charge on any atom is -0.344 e. The molecule has 27 heavy (non-hydrogen) atoms. The zero-order valence-electron chi connectivity index (χ0n) is 13.7. The fraction of sp³-hybridized carbons (Fsp3) is 0.176. The van der Waals surface area contributed by atoms with E-state index in [9.17, 15) is 22.8 Å². The number of terminal acetylenes is 1. The van der Waals surface area contributed by atoms with Crippen molar-refractivity contribution >= 4 is 16.9 Å². The predicted octanol–water partition coefficient (Wildman–Crippen LogP) is 1.35. The van der Waals surface area contributed by atoms with Gasteiger partial charge in [-0.1, -0.05) is 12.0 Å². The molecule has 10 heteroatoms. The molecule has 0 spiro atoms. The Labute approximate surface area is 150 Å². The van der Waals surface area contributed by atoms with Gasteiger partial charge in [-0.25, -0.2) is 9.67 Å². The van der Waals surface area contributed by atoms with Crippen LogP contribution in [0.15, 0.2) is 41.6 Å². The molecule has 0 aliphatic heterocycles. The summed E-state index contributed by atoms with van der Waals surface area (Å²) in [5.74, 6) is 1.77. The summed E-state index contributed by atoms with van der Waals surface area (Å²) in [6.07, 6.45) is 2.86. The Balaban J connectivity index is 1.99. The maximum Gasteiger partial charge on any atom is 0.416 e. The largest absolute Gasteiger partial charge is 0.416 e. The summed E-state index contributed by atoms with van der Waals surface area (Å²) in [6, 6.07) is 4.50. The fourth-order valence-corrected chi connectivity index (χ4v) is 2.42. The zero-order valence-corrected chi connectivity index (χ0v) is 13.7. The van der Waals surface area contributed by atoms with Gasteiger partial charge in [0.25, 0.3) is 5.56 Å². The van der Waals surface area contributed by atoms with Gasteiger partial charge in [0.2, 0.25) is 5.91 Å². The molecule has 0 atom stereocenters. The highest BCUT2D eigenvalue weighted by molar-refractivity contribution is 5.78. The van der Waals surface area contributed by atoms with Gasteiger partial charge in [-0.3, -0.25) is 14.2 Å². The molecule has 0 radical (unpaired) electrons. The van der Waals surface area contributed by atoms with Crippen LogP contribution in [0.5, 0.6) is 0 Å². The van der Waals surface area contributed by atoms with Gasteiger partial charge < -0.3 is 5.32 Å². The van der Waals surface area contributed by atoms with Crippen LogP contribution in [0.1, 0.15) is 5.56 Å². The lowest BCUT2D eigenvalue weighted by Crippen LogP contribution is -2.32. The molecule has 0 fully saturated rings. The van der Waals surface area contributed by atoms with E-state index in [1.807, 2.05) is 0 Å². The number of fused-ring (bicyclic) bond motifs is 1. The Hall–Kier alpha value is -3.61. The second-order valence-corrected chi connectivity index (χ2v) is 5.50. The molecular weight excluding hydrogens is 363 g/mol. The summed E-state index contributed by atoms with van der Waals surface area (Å²) in [7, 11) is 0. The predicted molar refractivity (Wildman–Crippen MR) is 90.0 cm³/mol. The summed E-state index contributed by atoms with van der Waals surface area (Å²) in [5, 5.41) is 6.45. The van der Waals surface area contributed by atoms with Crippen molar-refractivity contribution in [2.45, 2.75) is 12.7 Å². The van der Waals surface area contributed by atoms with E-state index < -0.39 is 23.2 Å². The molecular formula is C17H12F3N5O2. The van der Waals surface area contributed by atoms with Crippen LogP contribution in [0.25, 0.3) is 16.7 Å². The second kappa shape index (κ2) is 6.95. The molecule has 7 nitrogen and oxygen atoms in total. The van der Waals surface area contributed by atoms with E-state index in [0.717, 1.165) is 27.7 Å². The van der Waals surface area contributed by atoms with Crippen molar-refractivity contribution in [3.8, 4) is 18.0 Å². The van der Waals surface area contributed by atoms with E-state index in [4.69, 9.17) is 6.42 Å². The van der Waals surface area contributed by atoms with Gasteiger partial charge in [0.1, 0.15) is 18.3 Å². The number of benzene rings is 1. The van der Waals surface area contributed by atoms with Crippen LogP contribution in [0.3, 0.4) is 0 Å². The average Bonchev–Trinajstić information content (AvgIpc) is 3.06. The van der Waals surface area contributed by atoms with Crippen molar-refractivity contribution in [3.63, 3.8) is 0 Å². The van der Waals surface area contributed by atoms with Crippen LogP contribution in [0, 0.1) is 12.3 Å². The van der Waals surface area contributed by atoms with E-state index >= 15 is 0 Å². The van der Waals surface area contributed by atoms with Crippen LogP contribution in [-0.2, 0) is 17.5 Å². The highest BCUT2D eigenvalue weighted by atomic mass is 19.4. The van der Waals surface area contributed by atoms with Crippen LogP contribution >= 0.6 is 0 Å². The first-order valence-electron chi connectivity index (χ1n) is 7.62. The third-order valence-corrected chi connectivity index (χ3v) is 3.67.